The minimum Gasteiger partial charge on any atom is -0.460 e. The van der Waals surface area contributed by atoms with Crippen LogP contribution in [0.5, 0.6) is 0 Å². The van der Waals surface area contributed by atoms with Crippen LogP contribution in [0.3, 0.4) is 0 Å². The number of aliphatic hydroxyl groups excluding tert-OH is 1. The first-order valence-electron chi connectivity index (χ1n) is 10.2. The zero-order valence-corrected chi connectivity index (χ0v) is 17.5. The summed E-state index contributed by atoms with van der Waals surface area (Å²) in [7, 11) is 1.92. The Balaban J connectivity index is 2.00. The molecule has 3 atom stereocenters. The van der Waals surface area contributed by atoms with Gasteiger partial charge in [0.2, 0.25) is 0 Å². The molecule has 1 aliphatic rings. The molecule has 28 heavy (non-hydrogen) atoms. The van der Waals surface area contributed by atoms with Crippen LogP contribution in [0.15, 0.2) is 30.3 Å². The van der Waals surface area contributed by atoms with Crippen LogP contribution in [0.4, 0.5) is 0 Å². The number of esters is 1. The first kappa shape index (κ1) is 22.4. The smallest absolute Gasteiger partial charge is 0.323 e. The van der Waals surface area contributed by atoms with Crippen LogP contribution < -0.4 is 0 Å². The molecule has 1 N–H and O–H groups in total. The molecule has 1 aromatic carbocycles. The zero-order valence-electron chi connectivity index (χ0n) is 17.5. The number of aliphatic hydroxyl groups is 1. The summed E-state index contributed by atoms with van der Waals surface area (Å²) in [5.41, 5.74) is 0.964. The summed E-state index contributed by atoms with van der Waals surface area (Å²) in [6.07, 6.45) is 1.51. The van der Waals surface area contributed by atoms with Gasteiger partial charge in [0, 0.05) is 19.1 Å². The Morgan fingerprint density at radius 3 is 2.54 bits per heavy atom. The van der Waals surface area contributed by atoms with E-state index in [1.165, 1.54) is 6.92 Å². The molecule has 6 heteroatoms. The van der Waals surface area contributed by atoms with Gasteiger partial charge in [0.05, 0.1) is 0 Å². The fourth-order valence-corrected chi connectivity index (χ4v) is 3.74. The van der Waals surface area contributed by atoms with E-state index < -0.39 is 6.10 Å². The normalized spacial score (nSPS) is 19.1. The van der Waals surface area contributed by atoms with E-state index in [1.54, 1.807) is 4.90 Å². The van der Waals surface area contributed by atoms with Gasteiger partial charge in [-0.1, -0.05) is 44.2 Å². The predicted molar refractivity (Wildman–Crippen MR) is 109 cm³/mol. The molecule has 0 bridgehead atoms. The standard InChI is InChI=1S/C22H34N2O4/c1-16(2)13-20(22(27)28-15-18-9-6-5-7-10-18)23(4)14-19-11-8-12-24(19)21(26)17(3)25/h5-7,9-10,16-17,19-20,25H,8,11-15H2,1-4H3/t17-,19-,20+/m0/s1. The van der Waals surface area contributed by atoms with Crippen molar-refractivity contribution in [3.63, 3.8) is 0 Å². The van der Waals surface area contributed by atoms with Gasteiger partial charge >= 0.3 is 5.97 Å². The number of benzene rings is 1. The number of hydrogen-bond acceptors (Lipinski definition) is 5. The number of nitrogens with zero attached hydrogens (tertiary/aromatic N) is 2. The summed E-state index contributed by atoms with van der Waals surface area (Å²) in [5.74, 6) is -0.120. The van der Waals surface area contributed by atoms with E-state index in [9.17, 15) is 14.7 Å². The molecule has 156 valence electrons. The number of hydrogen-bond donors (Lipinski definition) is 1. The lowest BCUT2D eigenvalue weighted by atomic mass is 10.0. The SMILES string of the molecule is CC(C)C[C@H](C(=O)OCc1ccccc1)N(C)C[C@@H]1CCCN1C(=O)[C@H](C)O. The van der Waals surface area contributed by atoms with E-state index >= 15 is 0 Å². The maximum absolute atomic E-state index is 12.8. The van der Waals surface area contributed by atoms with Crippen molar-refractivity contribution >= 4 is 11.9 Å². The summed E-state index contributed by atoms with van der Waals surface area (Å²) >= 11 is 0. The molecule has 0 aliphatic carbocycles. The Labute approximate surface area is 168 Å². The molecule has 1 amide bonds. The second-order valence-corrected chi connectivity index (χ2v) is 8.18. The van der Waals surface area contributed by atoms with Gasteiger partial charge in [0.1, 0.15) is 18.8 Å². The van der Waals surface area contributed by atoms with Crippen LogP contribution in [0.2, 0.25) is 0 Å². The Hall–Kier alpha value is -1.92. The van der Waals surface area contributed by atoms with Gasteiger partial charge in [0.15, 0.2) is 0 Å². The van der Waals surface area contributed by atoms with Crippen molar-refractivity contribution in [1.82, 2.24) is 9.80 Å². The molecule has 2 rings (SSSR count). The van der Waals surface area contributed by atoms with Crippen LogP contribution in [0, 0.1) is 5.92 Å². The number of ether oxygens (including phenoxy) is 1. The van der Waals surface area contributed by atoms with Gasteiger partial charge in [-0.05, 0) is 44.7 Å². The van der Waals surface area contributed by atoms with Crippen molar-refractivity contribution in [2.75, 3.05) is 20.1 Å². The second kappa shape index (κ2) is 10.6. The molecule has 0 spiro atoms. The van der Waals surface area contributed by atoms with Crippen LogP contribution >= 0.6 is 0 Å². The largest absolute Gasteiger partial charge is 0.460 e. The van der Waals surface area contributed by atoms with Crippen LogP contribution in [0.25, 0.3) is 0 Å². The van der Waals surface area contributed by atoms with Crippen molar-refractivity contribution in [3.05, 3.63) is 35.9 Å². The van der Waals surface area contributed by atoms with E-state index in [2.05, 4.69) is 13.8 Å². The van der Waals surface area contributed by atoms with Gasteiger partial charge in [-0.2, -0.15) is 0 Å². The maximum Gasteiger partial charge on any atom is 0.323 e. The van der Waals surface area contributed by atoms with E-state index in [4.69, 9.17) is 4.74 Å². The third kappa shape index (κ3) is 6.31. The Morgan fingerprint density at radius 1 is 1.25 bits per heavy atom. The molecule has 0 unspecified atom stereocenters. The van der Waals surface area contributed by atoms with Crippen molar-refractivity contribution < 1.29 is 19.4 Å². The zero-order chi connectivity index (χ0) is 20.7. The second-order valence-electron chi connectivity index (χ2n) is 8.18. The molecule has 1 saturated heterocycles. The van der Waals surface area contributed by atoms with Gasteiger partial charge in [-0.3, -0.25) is 14.5 Å². The van der Waals surface area contributed by atoms with Crippen molar-refractivity contribution in [2.24, 2.45) is 5.92 Å². The Morgan fingerprint density at radius 2 is 1.93 bits per heavy atom. The third-order valence-corrected chi connectivity index (χ3v) is 5.24. The monoisotopic (exact) mass is 390 g/mol. The summed E-state index contributed by atoms with van der Waals surface area (Å²) in [6, 6.07) is 9.32. The predicted octanol–water partition coefficient (Wildman–Crippen LogP) is 2.45. The highest BCUT2D eigenvalue weighted by atomic mass is 16.5. The van der Waals surface area contributed by atoms with Gasteiger partial charge < -0.3 is 14.7 Å². The highest BCUT2D eigenvalue weighted by molar-refractivity contribution is 5.81. The molecule has 1 heterocycles. The number of likely N-dealkylation sites (N-methyl/N-ethyl adjacent to an activating group) is 1. The molecular weight excluding hydrogens is 356 g/mol. The molecule has 1 aliphatic heterocycles. The third-order valence-electron chi connectivity index (χ3n) is 5.24. The van der Waals surface area contributed by atoms with Crippen molar-refractivity contribution in [2.45, 2.75) is 64.8 Å². The van der Waals surface area contributed by atoms with E-state index in [-0.39, 0.29) is 30.6 Å². The minimum atomic E-state index is -0.992. The topological polar surface area (TPSA) is 70.1 Å². The van der Waals surface area contributed by atoms with E-state index in [0.717, 1.165) is 18.4 Å². The molecule has 0 saturated carbocycles. The van der Waals surface area contributed by atoms with Crippen LogP contribution in [-0.2, 0) is 20.9 Å². The number of amides is 1. The summed E-state index contributed by atoms with van der Waals surface area (Å²) < 4.78 is 5.59. The lowest BCUT2D eigenvalue weighted by molar-refractivity contribution is -0.152. The quantitative estimate of drug-likeness (QED) is 0.656. The number of carbonyl (C=O) groups is 2. The lowest BCUT2D eigenvalue weighted by Crippen LogP contribution is -2.49. The molecule has 1 fully saturated rings. The van der Waals surface area contributed by atoms with Crippen LogP contribution in [0.1, 0.15) is 45.6 Å². The van der Waals surface area contributed by atoms with E-state index in [0.29, 0.717) is 25.4 Å². The summed E-state index contributed by atoms with van der Waals surface area (Å²) in [6.45, 7) is 7.20. The van der Waals surface area contributed by atoms with Gasteiger partial charge in [0.25, 0.3) is 5.91 Å². The van der Waals surface area contributed by atoms with Crippen LogP contribution in [-0.4, -0.2) is 65.1 Å². The van der Waals surface area contributed by atoms with Gasteiger partial charge in [-0.15, -0.1) is 0 Å². The molecule has 6 nitrogen and oxygen atoms in total. The fraction of sp³-hybridized carbons (Fsp3) is 0.636. The van der Waals surface area contributed by atoms with Gasteiger partial charge in [-0.25, -0.2) is 0 Å². The van der Waals surface area contributed by atoms with E-state index in [1.807, 2.05) is 42.3 Å². The molecule has 0 radical (unpaired) electrons. The average Bonchev–Trinajstić information content (AvgIpc) is 3.12. The number of carbonyl (C=O) groups excluding carboxylic acids is 2. The minimum absolute atomic E-state index is 0.0173. The Kier molecular flexibility index (Phi) is 8.45. The molecule has 1 aromatic rings. The highest BCUT2D eigenvalue weighted by Crippen LogP contribution is 2.21. The Bertz CT molecular complexity index is 633. The summed E-state index contributed by atoms with van der Waals surface area (Å²) in [5, 5.41) is 9.65. The lowest BCUT2D eigenvalue weighted by Gasteiger charge is -2.33. The average molecular weight is 391 g/mol. The van der Waals surface area contributed by atoms with Crippen molar-refractivity contribution in [1.29, 1.82) is 0 Å². The summed E-state index contributed by atoms with van der Waals surface area (Å²) in [4.78, 5) is 28.8. The molecular formula is C22H34N2O4. The van der Waals surface area contributed by atoms with Crippen molar-refractivity contribution in [3.8, 4) is 0 Å². The number of rotatable bonds is 9. The molecule has 0 aromatic heterocycles. The maximum atomic E-state index is 12.8. The first-order valence-corrected chi connectivity index (χ1v) is 10.2. The highest BCUT2D eigenvalue weighted by Gasteiger charge is 2.34. The number of likely N-dealkylation sites (tertiary alicyclic amines) is 1. The first-order chi connectivity index (χ1) is 13.3. The fourth-order valence-electron chi connectivity index (χ4n) is 3.74.